The molecule has 0 saturated carbocycles. The molecular weight excluding hydrogens is 292 g/mol. The predicted molar refractivity (Wildman–Crippen MR) is 90.3 cm³/mol. The molecule has 0 aliphatic carbocycles. The van der Waals surface area contributed by atoms with E-state index in [0.29, 0.717) is 23.1 Å². The summed E-state index contributed by atoms with van der Waals surface area (Å²) in [7, 11) is 1.61. The van der Waals surface area contributed by atoms with Gasteiger partial charge in [0, 0.05) is 12.1 Å². The molecule has 23 heavy (non-hydrogen) atoms. The highest BCUT2D eigenvalue weighted by molar-refractivity contribution is 5.93. The lowest BCUT2D eigenvalue weighted by Gasteiger charge is -2.13. The summed E-state index contributed by atoms with van der Waals surface area (Å²) < 4.78 is 5.31. The number of amides is 1. The molecule has 1 aromatic carbocycles. The number of para-hydroxylation sites is 2. The van der Waals surface area contributed by atoms with Gasteiger partial charge in [-0.3, -0.25) is 4.79 Å². The molecule has 1 amide bonds. The third-order valence-electron chi connectivity index (χ3n) is 3.43. The molecule has 0 spiro atoms. The number of aromatic nitrogens is 2. The van der Waals surface area contributed by atoms with E-state index in [2.05, 4.69) is 20.6 Å². The Morgan fingerprint density at radius 1 is 1.30 bits per heavy atom. The fourth-order valence-electron chi connectivity index (χ4n) is 2.03. The third-order valence-corrected chi connectivity index (χ3v) is 3.43. The second-order valence-electron chi connectivity index (χ2n) is 5.29. The van der Waals surface area contributed by atoms with Crippen molar-refractivity contribution in [2.75, 3.05) is 12.4 Å². The molecule has 1 aromatic heterocycles. The van der Waals surface area contributed by atoms with Crippen LogP contribution in [0.15, 0.2) is 30.3 Å². The number of nitrogens with one attached hydrogen (secondary N) is 2. The van der Waals surface area contributed by atoms with Crippen LogP contribution in [0.4, 0.5) is 11.5 Å². The van der Waals surface area contributed by atoms with Gasteiger partial charge >= 0.3 is 0 Å². The van der Waals surface area contributed by atoms with Crippen LogP contribution in [0.3, 0.4) is 0 Å². The molecular formula is C17H22N4O2. The number of methoxy groups -OCH3 is 1. The van der Waals surface area contributed by atoms with Gasteiger partial charge in [-0.15, -0.1) is 0 Å². The highest BCUT2D eigenvalue weighted by Gasteiger charge is 2.13. The zero-order chi connectivity index (χ0) is 16.8. The third kappa shape index (κ3) is 4.42. The summed E-state index contributed by atoms with van der Waals surface area (Å²) in [6.07, 6.45) is 0.863. The molecule has 2 rings (SSSR count). The van der Waals surface area contributed by atoms with Gasteiger partial charge in [-0.25, -0.2) is 9.97 Å². The van der Waals surface area contributed by atoms with Gasteiger partial charge in [0.25, 0.3) is 5.91 Å². The molecule has 2 N–H and O–H groups in total. The Labute approximate surface area is 136 Å². The lowest BCUT2D eigenvalue weighted by molar-refractivity contribution is 0.0934. The molecule has 0 bridgehead atoms. The molecule has 6 heteroatoms. The first-order valence-corrected chi connectivity index (χ1v) is 7.60. The molecule has 6 nitrogen and oxygen atoms in total. The standard InChI is InChI=1S/C17H22N4O2/c1-5-11(2)18-17(22)14-10-16(20-12(3)19-14)21-13-8-6-7-9-15(13)23-4/h6-11H,5H2,1-4H3,(H,18,22)(H,19,20,21). The number of ether oxygens (including phenoxy) is 1. The van der Waals surface area contributed by atoms with Crippen LogP contribution in [0.25, 0.3) is 0 Å². The van der Waals surface area contributed by atoms with Crippen LogP contribution in [-0.2, 0) is 0 Å². The van der Waals surface area contributed by atoms with E-state index in [-0.39, 0.29) is 11.9 Å². The summed E-state index contributed by atoms with van der Waals surface area (Å²) in [5.74, 6) is 1.58. The Hall–Kier alpha value is -2.63. The topological polar surface area (TPSA) is 76.1 Å². The van der Waals surface area contributed by atoms with Crippen LogP contribution >= 0.6 is 0 Å². The molecule has 122 valence electrons. The van der Waals surface area contributed by atoms with E-state index in [4.69, 9.17) is 4.74 Å². The van der Waals surface area contributed by atoms with Crippen molar-refractivity contribution in [2.45, 2.75) is 33.2 Å². The first-order valence-electron chi connectivity index (χ1n) is 7.60. The minimum atomic E-state index is -0.201. The highest BCUT2D eigenvalue weighted by Crippen LogP contribution is 2.26. The van der Waals surface area contributed by atoms with Crippen molar-refractivity contribution in [1.82, 2.24) is 15.3 Å². The Morgan fingerprint density at radius 3 is 2.74 bits per heavy atom. The second kappa shape index (κ2) is 7.58. The molecule has 1 unspecified atom stereocenters. The van der Waals surface area contributed by atoms with Crippen molar-refractivity contribution in [1.29, 1.82) is 0 Å². The van der Waals surface area contributed by atoms with Crippen molar-refractivity contribution in [3.63, 3.8) is 0 Å². The molecule has 1 heterocycles. The first kappa shape index (κ1) is 16.7. The van der Waals surface area contributed by atoms with E-state index in [1.54, 1.807) is 20.1 Å². The smallest absolute Gasteiger partial charge is 0.270 e. The lowest BCUT2D eigenvalue weighted by atomic mass is 10.2. The summed E-state index contributed by atoms with van der Waals surface area (Å²) in [5.41, 5.74) is 1.12. The average molecular weight is 314 g/mol. The lowest BCUT2D eigenvalue weighted by Crippen LogP contribution is -2.32. The molecule has 0 aliphatic heterocycles. The summed E-state index contributed by atoms with van der Waals surface area (Å²) in [6, 6.07) is 9.26. The Bertz CT molecular complexity index is 688. The number of anilines is 2. The van der Waals surface area contributed by atoms with Crippen molar-refractivity contribution in [3.05, 3.63) is 41.9 Å². The van der Waals surface area contributed by atoms with Gasteiger partial charge in [0.2, 0.25) is 0 Å². The van der Waals surface area contributed by atoms with Gasteiger partial charge < -0.3 is 15.4 Å². The highest BCUT2D eigenvalue weighted by atomic mass is 16.5. The number of rotatable bonds is 6. The normalized spacial score (nSPS) is 11.7. The van der Waals surface area contributed by atoms with Crippen molar-refractivity contribution >= 4 is 17.4 Å². The number of hydrogen-bond acceptors (Lipinski definition) is 5. The van der Waals surface area contributed by atoms with Crippen LogP contribution in [0.1, 0.15) is 36.6 Å². The zero-order valence-corrected chi connectivity index (χ0v) is 13.9. The second-order valence-corrected chi connectivity index (χ2v) is 5.29. The fourth-order valence-corrected chi connectivity index (χ4v) is 2.03. The summed E-state index contributed by atoms with van der Waals surface area (Å²) in [4.78, 5) is 20.8. The van der Waals surface area contributed by atoms with E-state index in [1.807, 2.05) is 38.1 Å². The van der Waals surface area contributed by atoms with E-state index in [0.717, 1.165) is 12.1 Å². The number of aryl methyl sites for hydroxylation is 1. The predicted octanol–water partition coefficient (Wildman–Crippen LogP) is 3.07. The molecule has 1 atom stereocenters. The van der Waals surface area contributed by atoms with Crippen LogP contribution in [0.2, 0.25) is 0 Å². The first-order chi connectivity index (χ1) is 11.0. The van der Waals surface area contributed by atoms with Crippen LogP contribution in [0.5, 0.6) is 5.75 Å². The van der Waals surface area contributed by atoms with Gasteiger partial charge in [-0.05, 0) is 32.4 Å². The van der Waals surface area contributed by atoms with E-state index in [1.165, 1.54) is 0 Å². The van der Waals surface area contributed by atoms with E-state index in [9.17, 15) is 4.79 Å². The zero-order valence-electron chi connectivity index (χ0n) is 13.9. The maximum atomic E-state index is 12.2. The van der Waals surface area contributed by atoms with Crippen molar-refractivity contribution in [2.24, 2.45) is 0 Å². The SMILES string of the molecule is CCC(C)NC(=O)c1cc(Nc2ccccc2OC)nc(C)n1. The minimum Gasteiger partial charge on any atom is -0.495 e. The number of carbonyl (C=O) groups is 1. The van der Waals surface area contributed by atoms with Crippen LogP contribution in [0, 0.1) is 6.92 Å². The molecule has 0 radical (unpaired) electrons. The number of benzene rings is 1. The van der Waals surface area contributed by atoms with Gasteiger partial charge in [0.05, 0.1) is 12.8 Å². The van der Waals surface area contributed by atoms with Crippen LogP contribution in [-0.4, -0.2) is 29.0 Å². The maximum Gasteiger partial charge on any atom is 0.270 e. The maximum absolute atomic E-state index is 12.2. The Kier molecular flexibility index (Phi) is 5.51. The van der Waals surface area contributed by atoms with Gasteiger partial charge in [-0.2, -0.15) is 0 Å². The molecule has 0 saturated heterocycles. The largest absolute Gasteiger partial charge is 0.495 e. The Balaban J connectivity index is 2.25. The fraction of sp³-hybridized carbons (Fsp3) is 0.353. The summed E-state index contributed by atoms with van der Waals surface area (Å²) >= 11 is 0. The van der Waals surface area contributed by atoms with Crippen molar-refractivity contribution in [3.8, 4) is 5.75 Å². The molecule has 2 aromatic rings. The van der Waals surface area contributed by atoms with E-state index < -0.39 is 0 Å². The molecule has 0 aliphatic rings. The van der Waals surface area contributed by atoms with Gasteiger partial charge in [0.1, 0.15) is 23.1 Å². The minimum absolute atomic E-state index is 0.100. The quantitative estimate of drug-likeness (QED) is 0.857. The number of carbonyl (C=O) groups excluding carboxylic acids is 1. The summed E-state index contributed by atoms with van der Waals surface area (Å²) in [6.45, 7) is 5.73. The van der Waals surface area contributed by atoms with Crippen molar-refractivity contribution < 1.29 is 9.53 Å². The van der Waals surface area contributed by atoms with E-state index >= 15 is 0 Å². The average Bonchev–Trinajstić information content (AvgIpc) is 2.54. The van der Waals surface area contributed by atoms with Crippen LogP contribution < -0.4 is 15.4 Å². The van der Waals surface area contributed by atoms with Gasteiger partial charge in [-0.1, -0.05) is 19.1 Å². The number of hydrogen-bond donors (Lipinski definition) is 2. The monoisotopic (exact) mass is 314 g/mol. The Morgan fingerprint density at radius 2 is 2.04 bits per heavy atom. The number of nitrogens with zero attached hydrogens (tertiary/aromatic N) is 2. The van der Waals surface area contributed by atoms with Gasteiger partial charge in [0.15, 0.2) is 0 Å². The molecule has 0 fully saturated rings. The summed E-state index contributed by atoms with van der Waals surface area (Å²) in [5, 5.41) is 6.08.